The lowest BCUT2D eigenvalue weighted by molar-refractivity contribution is -0.384. The molecule has 8 heteroatoms. The molecule has 0 spiro atoms. The molecule has 0 saturated heterocycles. The van der Waals surface area contributed by atoms with Crippen LogP contribution >= 0.6 is 0 Å². The number of carbonyl (C=O) groups is 2. The first-order chi connectivity index (χ1) is 13.9. The van der Waals surface area contributed by atoms with E-state index in [0.29, 0.717) is 18.7 Å². The summed E-state index contributed by atoms with van der Waals surface area (Å²) in [6.45, 7) is 6.40. The number of hydrogen-bond donors (Lipinski definition) is 2. The third-order valence-electron chi connectivity index (χ3n) is 4.46. The molecule has 0 aliphatic rings. The number of likely N-dealkylation sites (N-methyl/N-ethyl adjacent to an activating group) is 2. The summed E-state index contributed by atoms with van der Waals surface area (Å²) in [7, 11) is 0. The topological polar surface area (TPSA) is 105 Å². The summed E-state index contributed by atoms with van der Waals surface area (Å²) in [5.74, 6) is -0.626. The van der Waals surface area contributed by atoms with E-state index in [1.165, 1.54) is 12.1 Å². The van der Waals surface area contributed by atoms with Crippen LogP contribution < -0.4 is 10.6 Å². The number of amides is 2. The highest BCUT2D eigenvalue weighted by molar-refractivity contribution is 5.97. The van der Waals surface area contributed by atoms with Gasteiger partial charge in [-0.3, -0.25) is 24.6 Å². The van der Waals surface area contributed by atoms with E-state index in [1.54, 1.807) is 30.0 Å². The molecule has 2 aromatic carbocycles. The van der Waals surface area contributed by atoms with Crippen molar-refractivity contribution in [2.75, 3.05) is 25.0 Å². The minimum Gasteiger partial charge on any atom is -0.355 e. The Labute approximate surface area is 170 Å². The first-order valence-electron chi connectivity index (χ1n) is 9.49. The second kappa shape index (κ2) is 10.3. The average molecular weight is 398 g/mol. The first-order valence-corrected chi connectivity index (χ1v) is 9.49. The van der Waals surface area contributed by atoms with Crippen molar-refractivity contribution >= 4 is 23.2 Å². The SMILES string of the molecule is CCNC(=O)CN(CC)[C@@H](C(=O)Nc1ccc(C)cc1[N+](=O)[O-])c1ccccc1. The Morgan fingerprint density at radius 1 is 1.14 bits per heavy atom. The van der Waals surface area contributed by atoms with Crippen molar-refractivity contribution in [2.24, 2.45) is 0 Å². The number of benzene rings is 2. The number of nitrogens with one attached hydrogen (secondary N) is 2. The van der Waals surface area contributed by atoms with Crippen LogP contribution in [0.15, 0.2) is 48.5 Å². The van der Waals surface area contributed by atoms with Crippen LogP contribution in [0.4, 0.5) is 11.4 Å². The van der Waals surface area contributed by atoms with Gasteiger partial charge >= 0.3 is 0 Å². The maximum absolute atomic E-state index is 13.2. The van der Waals surface area contributed by atoms with Crippen molar-refractivity contribution in [3.8, 4) is 0 Å². The van der Waals surface area contributed by atoms with E-state index in [-0.39, 0.29) is 23.8 Å². The molecule has 0 radical (unpaired) electrons. The van der Waals surface area contributed by atoms with E-state index in [0.717, 1.165) is 5.56 Å². The minimum absolute atomic E-state index is 0.0350. The maximum Gasteiger partial charge on any atom is 0.293 e. The number of nitrogens with zero attached hydrogens (tertiary/aromatic N) is 2. The highest BCUT2D eigenvalue weighted by Gasteiger charge is 2.29. The summed E-state index contributed by atoms with van der Waals surface area (Å²) in [6.07, 6.45) is 0. The van der Waals surface area contributed by atoms with Crippen LogP contribution in [0.1, 0.15) is 31.0 Å². The Balaban J connectivity index is 2.37. The Kier molecular flexibility index (Phi) is 7.85. The van der Waals surface area contributed by atoms with Gasteiger partial charge in [-0.15, -0.1) is 0 Å². The molecule has 0 aliphatic carbocycles. The molecular weight excluding hydrogens is 372 g/mol. The minimum atomic E-state index is -0.773. The molecule has 0 heterocycles. The quantitative estimate of drug-likeness (QED) is 0.499. The van der Waals surface area contributed by atoms with Gasteiger partial charge < -0.3 is 10.6 Å². The molecule has 29 heavy (non-hydrogen) atoms. The predicted octanol–water partition coefficient (Wildman–Crippen LogP) is 3.04. The van der Waals surface area contributed by atoms with E-state index in [9.17, 15) is 19.7 Å². The van der Waals surface area contributed by atoms with Gasteiger partial charge in [0, 0.05) is 12.6 Å². The maximum atomic E-state index is 13.2. The Morgan fingerprint density at radius 3 is 2.41 bits per heavy atom. The summed E-state index contributed by atoms with van der Waals surface area (Å²) in [5, 5.41) is 16.8. The zero-order valence-corrected chi connectivity index (χ0v) is 16.8. The van der Waals surface area contributed by atoms with Gasteiger partial charge in [0.15, 0.2) is 0 Å². The molecule has 154 valence electrons. The fraction of sp³-hybridized carbons (Fsp3) is 0.333. The summed E-state index contributed by atoms with van der Waals surface area (Å²) < 4.78 is 0. The molecule has 0 aromatic heterocycles. The monoisotopic (exact) mass is 398 g/mol. The molecule has 2 N–H and O–H groups in total. The molecule has 0 unspecified atom stereocenters. The summed E-state index contributed by atoms with van der Waals surface area (Å²) in [4.78, 5) is 37.9. The second-order valence-electron chi connectivity index (χ2n) is 6.60. The highest BCUT2D eigenvalue weighted by Crippen LogP contribution is 2.28. The van der Waals surface area contributed by atoms with Gasteiger partial charge in [-0.1, -0.05) is 43.3 Å². The lowest BCUT2D eigenvalue weighted by Crippen LogP contribution is -2.43. The van der Waals surface area contributed by atoms with Gasteiger partial charge in [0.05, 0.1) is 11.5 Å². The Morgan fingerprint density at radius 2 is 1.83 bits per heavy atom. The van der Waals surface area contributed by atoms with Gasteiger partial charge in [0.25, 0.3) is 5.69 Å². The first kappa shape index (κ1) is 22.0. The number of anilines is 1. The van der Waals surface area contributed by atoms with Gasteiger partial charge in [-0.2, -0.15) is 0 Å². The van der Waals surface area contributed by atoms with Crippen LogP contribution in [-0.2, 0) is 9.59 Å². The van der Waals surface area contributed by atoms with Gasteiger partial charge in [-0.25, -0.2) is 0 Å². The average Bonchev–Trinajstić information content (AvgIpc) is 2.69. The van der Waals surface area contributed by atoms with Gasteiger partial charge in [0.2, 0.25) is 11.8 Å². The van der Waals surface area contributed by atoms with E-state index >= 15 is 0 Å². The number of hydrogen-bond acceptors (Lipinski definition) is 5. The standard InChI is InChI=1S/C21H26N4O4/c1-4-22-19(26)14-24(5-2)20(16-9-7-6-8-10-16)21(27)23-17-12-11-15(3)13-18(17)25(28)29/h6-13,20H,4-5,14H2,1-3H3,(H,22,26)(H,23,27)/t20-/m1/s1. The zero-order valence-electron chi connectivity index (χ0n) is 16.8. The highest BCUT2D eigenvalue weighted by atomic mass is 16.6. The molecule has 0 saturated carbocycles. The van der Waals surface area contributed by atoms with Gasteiger partial charge in [0.1, 0.15) is 11.7 Å². The molecular formula is C21H26N4O4. The van der Waals surface area contributed by atoms with E-state index in [2.05, 4.69) is 10.6 Å². The third-order valence-corrected chi connectivity index (χ3v) is 4.46. The van der Waals surface area contributed by atoms with Crippen LogP contribution in [0, 0.1) is 17.0 Å². The van der Waals surface area contributed by atoms with Crippen LogP contribution in [0.2, 0.25) is 0 Å². The number of rotatable bonds is 9. The second-order valence-corrected chi connectivity index (χ2v) is 6.60. The predicted molar refractivity (Wildman–Crippen MR) is 112 cm³/mol. The largest absolute Gasteiger partial charge is 0.355 e. The fourth-order valence-electron chi connectivity index (χ4n) is 3.09. The molecule has 2 amide bonds. The van der Waals surface area contributed by atoms with Crippen molar-refractivity contribution in [3.05, 3.63) is 69.8 Å². The number of aryl methyl sites for hydroxylation is 1. The number of nitro benzene ring substituents is 1. The van der Waals surface area contributed by atoms with E-state index in [1.807, 2.05) is 32.0 Å². The summed E-state index contributed by atoms with van der Waals surface area (Å²) >= 11 is 0. The van der Waals surface area contributed by atoms with Crippen LogP contribution in [0.25, 0.3) is 0 Å². The van der Waals surface area contributed by atoms with Crippen molar-refractivity contribution in [1.82, 2.24) is 10.2 Å². The van der Waals surface area contributed by atoms with E-state index < -0.39 is 16.9 Å². The summed E-state index contributed by atoms with van der Waals surface area (Å²) in [5.41, 5.74) is 1.38. The van der Waals surface area contributed by atoms with E-state index in [4.69, 9.17) is 0 Å². The summed E-state index contributed by atoms with van der Waals surface area (Å²) in [6, 6.07) is 12.9. The lowest BCUT2D eigenvalue weighted by Gasteiger charge is -2.29. The molecule has 1 atom stereocenters. The van der Waals surface area contributed by atoms with Crippen LogP contribution in [0.3, 0.4) is 0 Å². The Hall–Kier alpha value is -3.26. The van der Waals surface area contributed by atoms with Crippen molar-refractivity contribution < 1.29 is 14.5 Å². The van der Waals surface area contributed by atoms with Crippen molar-refractivity contribution in [2.45, 2.75) is 26.8 Å². The Bertz CT molecular complexity index is 870. The zero-order chi connectivity index (χ0) is 21.4. The lowest BCUT2D eigenvalue weighted by atomic mass is 10.0. The van der Waals surface area contributed by atoms with Crippen molar-refractivity contribution in [3.63, 3.8) is 0 Å². The van der Waals surface area contributed by atoms with Crippen LogP contribution in [-0.4, -0.2) is 41.3 Å². The molecule has 2 aromatic rings. The normalized spacial score (nSPS) is 11.7. The van der Waals surface area contributed by atoms with Gasteiger partial charge in [-0.05, 0) is 37.6 Å². The van der Waals surface area contributed by atoms with Crippen molar-refractivity contribution in [1.29, 1.82) is 0 Å². The molecule has 8 nitrogen and oxygen atoms in total. The number of nitro groups is 1. The fourth-order valence-corrected chi connectivity index (χ4v) is 3.09. The molecule has 0 bridgehead atoms. The molecule has 0 aliphatic heterocycles. The van der Waals surface area contributed by atoms with Crippen LogP contribution in [0.5, 0.6) is 0 Å². The molecule has 0 fully saturated rings. The molecule has 2 rings (SSSR count). The third kappa shape index (κ3) is 5.86. The number of carbonyl (C=O) groups excluding carboxylic acids is 2. The smallest absolute Gasteiger partial charge is 0.293 e.